The molecule has 0 radical (unpaired) electrons. The minimum absolute atomic E-state index is 0.0173. The summed E-state index contributed by atoms with van der Waals surface area (Å²) < 4.78 is 24.5. The largest absolute Gasteiger partial charge is 0.399 e. The molecule has 5 nitrogen and oxygen atoms in total. The number of nitrogen functional groups attached to an aromatic ring is 1. The monoisotopic (exact) mass is 201 g/mol. The summed E-state index contributed by atoms with van der Waals surface area (Å²) in [5.41, 5.74) is 5.92. The fraction of sp³-hybridized carbons (Fsp3) is 0.286. The van der Waals surface area contributed by atoms with Crippen molar-refractivity contribution < 1.29 is 8.42 Å². The van der Waals surface area contributed by atoms with Gasteiger partial charge < -0.3 is 5.73 Å². The molecular formula is C7H11N3O2S. The van der Waals surface area contributed by atoms with Gasteiger partial charge in [-0.3, -0.25) is 4.72 Å². The zero-order valence-corrected chi connectivity index (χ0v) is 8.00. The van der Waals surface area contributed by atoms with E-state index in [0.717, 1.165) is 0 Å². The second-order valence-corrected chi connectivity index (χ2v) is 4.49. The lowest BCUT2D eigenvalue weighted by Crippen LogP contribution is -2.15. The van der Waals surface area contributed by atoms with E-state index in [0.29, 0.717) is 5.69 Å². The Labute approximate surface area is 77.0 Å². The van der Waals surface area contributed by atoms with Crippen LogP contribution in [-0.2, 0) is 10.0 Å². The van der Waals surface area contributed by atoms with Crippen LogP contribution in [0.4, 0.5) is 11.5 Å². The van der Waals surface area contributed by atoms with E-state index in [-0.39, 0.29) is 11.6 Å². The van der Waals surface area contributed by atoms with Crippen LogP contribution in [0, 0.1) is 0 Å². The van der Waals surface area contributed by atoms with Crippen LogP contribution in [0.5, 0.6) is 0 Å². The third kappa shape index (κ3) is 2.90. The summed E-state index contributed by atoms with van der Waals surface area (Å²) in [6.45, 7) is 1.55. The first-order valence-corrected chi connectivity index (χ1v) is 5.41. The molecule has 0 saturated carbocycles. The maximum absolute atomic E-state index is 11.1. The van der Waals surface area contributed by atoms with E-state index in [2.05, 4.69) is 9.71 Å². The van der Waals surface area contributed by atoms with E-state index in [9.17, 15) is 8.42 Å². The molecular weight excluding hydrogens is 190 g/mol. The van der Waals surface area contributed by atoms with Crippen molar-refractivity contribution in [3.8, 4) is 0 Å². The lowest BCUT2D eigenvalue weighted by atomic mass is 10.4. The molecule has 6 heteroatoms. The van der Waals surface area contributed by atoms with Crippen molar-refractivity contribution in [3.63, 3.8) is 0 Å². The Hall–Kier alpha value is -1.30. The summed E-state index contributed by atoms with van der Waals surface area (Å²) in [5, 5.41) is 0. The van der Waals surface area contributed by atoms with Gasteiger partial charge >= 0.3 is 0 Å². The van der Waals surface area contributed by atoms with Crippen LogP contribution < -0.4 is 10.5 Å². The number of rotatable bonds is 3. The molecule has 0 atom stereocenters. The number of sulfonamides is 1. The van der Waals surface area contributed by atoms with Gasteiger partial charge in [0.1, 0.15) is 5.82 Å². The van der Waals surface area contributed by atoms with Gasteiger partial charge in [-0.25, -0.2) is 13.4 Å². The zero-order chi connectivity index (χ0) is 9.90. The third-order valence-corrected chi connectivity index (χ3v) is 2.70. The van der Waals surface area contributed by atoms with Crippen molar-refractivity contribution in [2.24, 2.45) is 0 Å². The Bertz CT molecular complexity index is 388. The first-order valence-electron chi connectivity index (χ1n) is 3.75. The molecule has 0 amide bonds. The Balaban J connectivity index is 2.87. The van der Waals surface area contributed by atoms with Crippen molar-refractivity contribution in [2.45, 2.75) is 6.92 Å². The Morgan fingerprint density at radius 3 is 2.85 bits per heavy atom. The van der Waals surface area contributed by atoms with Gasteiger partial charge in [0.25, 0.3) is 0 Å². The number of pyridine rings is 1. The summed E-state index contributed by atoms with van der Waals surface area (Å²) in [6, 6.07) is 3.05. The highest BCUT2D eigenvalue weighted by atomic mass is 32.2. The molecule has 0 aliphatic heterocycles. The fourth-order valence-electron chi connectivity index (χ4n) is 0.734. The number of hydrogen-bond acceptors (Lipinski definition) is 4. The molecule has 72 valence electrons. The molecule has 0 bridgehead atoms. The van der Waals surface area contributed by atoms with E-state index in [4.69, 9.17) is 5.73 Å². The molecule has 0 saturated heterocycles. The van der Waals surface area contributed by atoms with Gasteiger partial charge in [-0.05, 0) is 13.0 Å². The van der Waals surface area contributed by atoms with E-state index in [1.54, 1.807) is 13.0 Å². The van der Waals surface area contributed by atoms with Crippen molar-refractivity contribution in [1.82, 2.24) is 4.98 Å². The molecule has 1 rings (SSSR count). The quantitative estimate of drug-likeness (QED) is 0.742. The summed E-state index contributed by atoms with van der Waals surface area (Å²) in [4.78, 5) is 3.80. The number of hydrogen-bond donors (Lipinski definition) is 2. The van der Waals surface area contributed by atoms with E-state index >= 15 is 0 Å². The minimum atomic E-state index is -3.26. The Morgan fingerprint density at radius 2 is 2.31 bits per heavy atom. The Kier molecular flexibility index (Phi) is 2.72. The van der Waals surface area contributed by atoms with Gasteiger partial charge in [-0.15, -0.1) is 0 Å². The first kappa shape index (κ1) is 9.79. The van der Waals surface area contributed by atoms with Crippen molar-refractivity contribution in [3.05, 3.63) is 18.3 Å². The molecule has 13 heavy (non-hydrogen) atoms. The molecule has 0 fully saturated rings. The number of anilines is 2. The van der Waals surface area contributed by atoms with Crippen LogP contribution in [0.25, 0.3) is 0 Å². The van der Waals surface area contributed by atoms with Gasteiger partial charge in [0.15, 0.2) is 0 Å². The second kappa shape index (κ2) is 3.61. The molecule has 3 N–H and O–H groups in total. The third-order valence-electron chi connectivity index (χ3n) is 1.42. The van der Waals surface area contributed by atoms with Crippen LogP contribution in [0.1, 0.15) is 6.92 Å². The van der Waals surface area contributed by atoms with Crippen LogP contribution >= 0.6 is 0 Å². The smallest absolute Gasteiger partial charge is 0.233 e. The van der Waals surface area contributed by atoms with Crippen LogP contribution in [-0.4, -0.2) is 19.2 Å². The number of nitrogens with two attached hydrogens (primary N) is 1. The molecule has 1 heterocycles. The highest BCUT2D eigenvalue weighted by Crippen LogP contribution is 2.09. The van der Waals surface area contributed by atoms with E-state index < -0.39 is 10.0 Å². The molecule has 0 aliphatic rings. The normalized spacial score (nSPS) is 11.2. The SMILES string of the molecule is CCS(=O)(=O)Nc1cc(N)ccn1. The minimum Gasteiger partial charge on any atom is -0.399 e. The van der Waals surface area contributed by atoms with Gasteiger partial charge in [-0.1, -0.05) is 0 Å². The van der Waals surface area contributed by atoms with Crippen LogP contribution in [0.2, 0.25) is 0 Å². The van der Waals surface area contributed by atoms with Crippen LogP contribution in [0.3, 0.4) is 0 Å². The summed E-state index contributed by atoms with van der Waals surface area (Å²) in [5.74, 6) is 0.269. The van der Waals surface area contributed by atoms with Gasteiger partial charge in [-0.2, -0.15) is 0 Å². The van der Waals surface area contributed by atoms with Gasteiger partial charge in [0.05, 0.1) is 5.75 Å². The molecule has 0 unspecified atom stereocenters. The van der Waals surface area contributed by atoms with Crippen LogP contribution in [0.15, 0.2) is 18.3 Å². The fourth-order valence-corrected chi connectivity index (χ4v) is 1.31. The van der Waals surface area contributed by atoms with Gasteiger partial charge in [0, 0.05) is 18.0 Å². The predicted molar refractivity (Wildman–Crippen MR) is 51.7 cm³/mol. The molecule has 1 aromatic rings. The van der Waals surface area contributed by atoms with Crippen molar-refractivity contribution >= 4 is 21.5 Å². The maximum Gasteiger partial charge on any atom is 0.233 e. The van der Waals surface area contributed by atoms with Crippen molar-refractivity contribution in [1.29, 1.82) is 0 Å². The molecule has 0 aliphatic carbocycles. The van der Waals surface area contributed by atoms with E-state index in [1.165, 1.54) is 12.3 Å². The topological polar surface area (TPSA) is 85.1 Å². The lowest BCUT2D eigenvalue weighted by molar-refractivity contribution is 0.602. The van der Waals surface area contributed by atoms with Crippen molar-refractivity contribution in [2.75, 3.05) is 16.2 Å². The lowest BCUT2D eigenvalue weighted by Gasteiger charge is -2.04. The predicted octanol–water partition coefficient (Wildman–Crippen LogP) is 0.425. The molecule has 1 aromatic heterocycles. The zero-order valence-electron chi connectivity index (χ0n) is 7.19. The average Bonchev–Trinajstić information content (AvgIpc) is 2.03. The number of aromatic nitrogens is 1. The maximum atomic E-state index is 11.1. The van der Waals surface area contributed by atoms with Gasteiger partial charge in [0.2, 0.25) is 10.0 Å². The second-order valence-electron chi connectivity index (χ2n) is 2.48. The summed E-state index contributed by atoms with van der Waals surface area (Å²) >= 11 is 0. The molecule has 0 aromatic carbocycles. The standard InChI is InChI=1S/C7H11N3O2S/c1-2-13(11,12)10-7-5-6(8)3-4-9-7/h3-5H,2H2,1H3,(H3,8,9,10). The summed E-state index contributed by atoms with van der Waals surface area (Å²) in [6.07, 6.45) is 1.45. The highest BCUT2D eigenvalue weighted by Gasteiger charge is 2.06. The molecule has 0 spiro atoms. The Morgan fingerprint density at radius 1 is 1.62 bits per heavy atom. The summed E-state index contributed by atoms with van der Waals surface area (Å²) in [7, 11) is -3.26. The first-order chi connectivity index (χ1) is 6.03. The number of nitrogens with zero attached hydrogens (tertiary/aromatic N) is 1. The average molecular weight is 201 g/mol. The van der Waals surface area contributed by atoms with E-state index in [1.807, 2.05) is 0 Å². The number of nitrogens with one attached hydrogen (secondary N) is 1. The highest BCUT2D eigenvalue weighted by molar-refractivity contribution is 7.92.